The smallest absolute Gasteiger partial charge is 0.165 e. The molecule has 0 unspecified atom stereocenters. The Kier molecular flexibility index (Phi) is 4.68. The fraction of sp³-hybridized carbons (Fsp3) is 0.200. The summed E-state index contributed by atoms with van der Waals surface area (Å²) in [6, 6.07) is 13.9. The molecule has 2 rings (SSSR count). The lowest BCUT2D eigenvalue weighted by molar-refractivity contribution is 0.352. The average Bonchev–Trinajstić information content (AvgIpc) is 2.44. The van der Waals surface area contributed by atoms with E-state index in [9.17, 15) is 0 Å². The van der Waals surface area contributed by atoms with Crippen molar-refractivity contribution in [2.45, 2.75) is 6.54 Å². The predicted octanol–water partition coefficient (Wildman–Crippen LogP) is 4.08. The summed E-state index contributed by atoms with van der Waals surface area (Å²) in [5, 5.41) is 3.36. The molecule has 1 N–H and O–H groups in total. The van der Waals surface area contributed by atoms with E-state index < -0.39 is 0 Å². The molecule has 0 aromatic heterocycles. The number of hydrogen-bond acceptors (Lipinski definition) is 3. The molecule has 0 aliphatic rings. The van der Waals surface area contributed by atoms with E-state index in [2.05, 4.69) is 21.2 Å². The maximum atomic E-state index is 5.41. The van der Waals surface area contributed by atoms with Gasteiger partial charge in [-0.2, -0.15) is 0 Å². The van der Waals surface area contributed by atoms with Gasteiger partial charge in [-0.3, -0.25) is 0 Å². The van der Waals surface area contributed by atoms with Crippen molar-refractivity contribution in [1.29, 1.82) is 0 Å². The van der Waals surface area contributed by atoms with Crippen LogP contribution in [-0.2, 0) is 6.54 Å². The van der Waals surface area contributed by atoms with E-state index in [1.165, 1.54) is 0 Å². The molecular weight excluding hydrogens is 306 g/mol. The summed E-state index contributed by atoms with van der Waals surface area (Å²) in [6.45, 7) is 0.677. The molecule has 4 heteroatoms. The first-order chi connectivity index (χ1) is 9.24. The third kappa shape index (κ3) is 3.41. The number of halogens is 1. The molecule has 0 saturated heterocycles. The molecule has 3 nitrogen and oxygen atoms in total. The quantitative estimate of drug-likeness (QED) is 0.900. The fourth-order valence-corrected chi connectivity index (χ4v) is 2.29. The topological polar surface area (TPSA) is 30.5 Å². The third-order valence-electron chi connectivity index (χ3n) is 2.79. The monoisotopic (exact) mass is 321 g/mol. The maximum Gasteiger partial charge on any atom is 0.165 e. The third-order valence-corrected chi connectivity index (χ3v) is 3.29. The Balaban J connectivity index is 2.15. The minimum atomic E-state index is 0.677. The summed E-state index contributed by atoms with van der Waals surface area (Å²) >= 11 is 3.45. The Morgan fingerprint density at radius 3 is 2.53 bits per heavy atom. The van der Waals surface area contributed by atoms with E-state index in [0.717, 1.165) is 27.2 Å². The summed E-state index contributed by atoms with van der Waals surface area (Å²) in [7, 11) is 3.30. The Morgan fingerprint density at radius 2 is 1.84 bits per heavy atom. The Bertz CT molecular complexity index is 558. The lowest BCUT2D eigenvalue weighted by Crippen LogP contribution is -2.02. The second-order valence-electron chi connectivity index (χ2n) is 4.02. The van der Waals surface area contributed by atoms with E-state index >= 15 is 0 Å². The summed E-state index contributed by atoms with van der Waals surface area (Å²) in [4.78, 5) is 0. The van der Waals surface area contributed by atoms with Crippen LogP contribution in [0.4, 0.5) is 5.69 Å². The Labute approximate surface area is 121 Å². The van der Waals surface area contributed by atoms with E-state index in [4.69, 9.17) is 9.47 Å². The highest BCUT2D eigenvalue weighted by molar-refractivity contribution is 9.10. The van der Waals surface area contributed by atoms with Crippen molar-refractivity contribution >= 4 is 21.6 Å². The van der Waals surface area contributed by atoms with Gasteiger partial charge in [-0.25, -0.2) is 0 Å². The van der Waals surface area contributed by atoms with Crippen LogP contribution in [0.1, 0.15) is 5.56 Å². The van der Waals surface area contributed by atoms with Crippen molar-refractivity contribution in [3.05, 3.63) is 52.5 Å². The molecule has 0 radical (unpaired) electrons. The van der Waals surface area contributed by atoms with Gasteiger partial charge in [0.1, 0.15) is 0 Å². The van der Waals surface area contributed by atoms with Crippen molar-refractivity contribution in [2.24, 2.45) is 0 Å². The van der Waals surface area contributed by atoms with Gasteiger partial charge in [-0.15, -0.1) is 0 Å². The molecule has 0 saturated carbocycles. The van der Waals surface area contributed by atoms with Crippen LogP contribution in [0, 0.1) is 0 Å². The minimum absolute atomic E-state index is 0.677. The van der Waals surface area contributed by atoms with Crippen LogP contribution in [0.3, 0.4) is 0 Å². The second-order valence-corrected chi connectivity index (χ2v) is 4.93. The van der Waals surface area contributed by atoms with Gasteiger partial charge >= 0.3 is 0 Å². The number of hydrogen-bond donors (Lipinski definition) is 1. The predicted molar refractivity (Wildman–Crippen MR) is 81.0 cm³/mol. The molecule has 0 atom stereocenters. The minimum Gasteiger partial charge on any atom is -0.493 e. The zero-order valence-electron chi connectivity index (χ0n) is 10.9. The van der Waals surface area contributed by atoms with Crippen molar-refractivity contribution in [3.63, 3.8) is 0 Å². The number of ether oxygens (including phenoxy) is 2. The number of anilines is 1. The molecule has 100 valence electrons. The number of para-hydroxylation sites is 1. The molecule has 2 aromatic rings. The summed E-state index contributed by atoms with van der Waals surface area (Å²) in [6.07, 6.45) is 0. The molecule has 0 amide bonds. The number of benzene rings is 2. The van der Waals surface area contributed by atoms with Crippen LogP contribution in [-0.4, -0.2) is 14.2 Å². The van der Waals surface area contributed by atoms with Gasteiger partial charge in [0, 0.05) is 22.3 Å². The molecule has 0 fully saturated rings. The molecule has 0 aliphatic carbocycles. The lowest BCUT2D eigenvalue weighted by atomic mass is 10.1. The number of methoxy groups -OCH3 is 2. The molecule has 19 heavy (non-hydrogen) atoms. The van der Waals surface area contributed by atoms with Crippen LogP contribution < -0.4 is 14.8 Å². The van der Waals surface area contributed by atoms with Crippen LogP contribution in [0.5, 0.6) is 11.5 Å². The van der Waals surface area contributed by atoms with Gasteiger partial charge < -0.3 is 14.8 Å². The maximum absolute atomic E-state index is 5.41. The van der Waals surface area contributed by atoms with Crippen LogP contribution in [0.25, 0.3) is 0 Å². The van der Waals surface area contributed by atoms with Crippen molar-refractivity contribution in [3.8, 4) is 11.5 Å². The number of rotatable bonds is 5. The van der Waals surface area contributed by atoms with Crippen LogP contribution in [0.2, 0.25) is 0 Å². The number of nitrogens with one attached hydrogen (secondary N) is 1. The van der Waals surface area contributed by atoms with Gasteiger partial charge in [-0.1, -0.05) is 34.1 Å². The van der Waals surface area contributed by atoms with E-state index in [-0.39, 0.29) is 0 Å². The van der Waals surface area contributed by atoms with E-state index in [1.807, 2.05) is 42.5 Å². The Morgan fingerprint density at radius 1 is 1.05 bits per heavy atom. The first kappa shape index (κ1) is 13.7. The van der Waals surface area contributed by atoms with E-state index in [1.54, 1.807) is 14.2 Å². The van der Waals surface area contributed by atoms with E-state index in [0.29, 0.717) is 6.54 Å². The highest BCUT2D eigenvalue weighted by Gasteiger charge is 2.08. The van der Waals surface area contributed by atoms with Gasteiger partial charge in [0.05, 0.1) is 14.2 Å². The SMILES string of the molecule is COc1cccc(CNc2cccc(Br)c2)c1OC. The lowest BCUT2D eigenvalue weighted by Gasteiger charge is -2.13. The second kappa shape index (κ2) is 6.48. The van der Waals surface area contributed by atoms with Crippen LogP contribution >= 0.6 is 15.9 Å². The molecule has 0 heterocycles. The zero-order valence-corrected chi connectivity index (χ0v) is 12.5. The summed E-state index contributed by atoms with van der Waals surface area (Å²) in [5.74, 6) is 1.52. The summed E-state index contributed by atoms with van der Waals surface area (Å²) in [5.41, 5.74) is 2.11. The normalized spacial score (nSPS) is 10.1. The molecular formula is C15H16BrNO2. The van der Waals surface area contributed by atoms with Gasteiger partial charge in [-0.05, 0) is 24.3 Å². The highest BCUT2D eigenvalue weighted by atomic mass is 79.9. The highest BCUT2D eigenvalue weighted by Crippen LogP contribution is 2.31. The first-order valence-corrected chi connectivity index (χ1v) is 6.73. The first-order valence-electron chi connectivity index (χ1n) is 5.94. The van der Waals surface area contributed by atoms with Crippen molar-refractivity contribution in [1.82, 2.24) is 0 Å². The molecule has 0 aliphatic heterocycles. The van der Waals surface area contributed by atoms with Gasteiger partial charge in [0.25, 0.3) is 0 Å². The fourth-order valence-electron chi connectivity index (χ4n) is 1.89. The average molecular weight is 322 g/mol. The summed E-state index contributed by atoms with van der Waals surface area (Å²) < 4.78 is 11.7. The van der Waals surface area contributed by atoms with Crippen molar-refractivity contribution in [2.75, 3.05) is 19.5 Å². The van der Waals surface area contributed by atoms with Gasteiger partial charge in [0.2, 0.25) is 0 Å². The molecule has 0 spiro atoms. The Hall–Kier alpha value is -1.68. The van der Waals surface area contributed by atoms with Gasteiger partial charge in [0.15, 0.2) is 11.5 Å². The molecule has 0 bridgehead atoms. The van der Waals surface area contributed by atoms with Crippen molar-refractivity contribution < 1.29 is 9.47 Å². The zero-order chi connectivity index (χ0) is 13.7. The molecule has 2 aromatic carbocycles. The van der Waals surface area contributed by atoms with Crippen LogP contribution in [0.15, 0.2) is 46.9 Å². The standard InChI is InChI=1S/C15H16BrNO2/c1-18-14-8-3-5-11(15(14)19-2)10-17-13-7-4-6-12(16)9-13/h3-9,17H,10H2,1-2H3. The largest absolute Gasteiger partial charge is 0.493 e.